The molecule has 0 fully saturated rings. The first-order valence-corrected chi connectivity index (χ1v) is 11.6. The van der Waals surface area contributed by atoms with Crippen LogP contribution in [0.3, 0.4) is 0 Å². The number of carbonyl (C=O) groups is 2. The minimum atomic E-state index is -1.02. The fourth-order valence-corrected chi connectivity index (χ4v) is 4.67. The van der Waals surface area contributed by atoms with Crippen LogP contribution in [0.5, 0.6) is 23.0 Å². The number of Topliss-reactive ketones (excluding diaryl/α,β-unsaturated/α-hetero) is 1. The lowest BCUT2D eigenvalue weighted by Gasteiger charge is -2.27. The molecule has 1 amide bonds. The van der Waals surface area contributed by atoms with E-state index in [-0.39, 0.29) is 17.9 Å². The molecule has 1 N–H and O–H groups in total. The van der Waals surface area contributed by atoms with Crippen LogP contribution >= 0.6 is 0 Å². The monoisotopic (exact) mass is 519 g/mol. The third-order valence-electron chi connectivity index (χ3n) is 6.41. The summed E-state index contributed by atoms with van der Waals surface area (Å²) in [6.45, 7) is -0.0120. The van der Waals surface area contributed by atoms with Crippen LogP contribution in [0, 0.1) is 0 Å². The first-order chi connectivity index (χ1) is 18.4. The number of rotatable bonds is 9. The standard InChI is InChI=1S/C28H25NO9/c1-33-18-9-5-7-15-11-19(38-26(15)18)24(30)22-23(16-12-20(34-2)27(36-4)21(13-16)35-3)29(28(32)25(22)31)14-17-8-6-10-37-17/h5-13,23,31H,14H2,1-4H3. The van der Waals surface area contributed by atoms with E-state index in [4.69, 9.17) is 27.8 Å². The third kappa shape index (κ3) is 4.00. The van der Waals surface area contributed by atoms with E-state index in [0.29, 0.717) is 45.3 Å². The van der Waals surface area contributed by atoms with Gasteiger partial charge in [-0.1, -0.05) is 12.1 Å². The van der Waals surface area contributed by atoms with Crippen LogP contribution in [-0.4, -0.2) is 50.1 Å². The molecule has 10 nitrogen and oxygen atoms in total. The smallest absolute Gasteiger partial charge is 0.290 e. The Morgan fingerprint density at radius 1 is 0.947 bits per heavy atom. The Hall–Kier alpha value is -4.86. The molecule has 2 aromatic carbocycles. The summed E-state index contributed by atoms with van der Waals surface area (Å²) in [6.07, 6.45) is 1.48. The average molecular weight is 520 g/mol. The van der Waals surface area contributed by atoms with Crippen LogP contribution in [-0.2, 0) is 11.3 Å². The number of hydrogen-bond acceptors (Lipinski definition) is 9. The van der Waals surface area contributed by atoms with Gasteiger partial charge in [0.15, 0.2) is 34.4 Å². The molecule has 38 heavy (non-hydrogen) atoms. The molecule has 1 atom stereocenters. The molecule has 196 valence electrons. The SMILES string of the molecule is COc1cc(C2C(C(=O)c3cc4cccc(OC)c4o3)=C(O)C(=O)N2Cc2ccco2)cc(OC)c1OC. The molecule has 5 rings (SSSR count). The molecule has 10 heteroatoms. The van der Waals surface area contributed by atoms with Crippen LogP contribution in [0.4, 0.5) is 0 Å². The Morgan fingerprint density at radius 3 is 2.26 bits per heavy atom. The van der Waals surface area contributed by atoms with Gasteiger partial charge in [0.05, 0.1) is 52.9 Å². The zero-order chi connectivity index (χ0) is 27.0. The predicted octanol–water partition coefficient (Wildman–Crippen LogP) is 4.84. The predicted molar refractivity (Wildman–Crippen MR) is 135 cm³/mol. The van der Waals surface area contributed by atoms with Crippen molar-refractivity contribution in [2.24, 2.45) is 0 Å². The minimum Gasteiger partial charge on any atom is -0.503 e. The second kappa shape index (κ2) is 9.89. The zero-order valence-electron chi connectivity index (χ0n) is 21.1. The summed E-state index contributed by atoms with van der Waals surface area (Å²) in [5.74, 6) is -0.256. The average Bonchev–Trinajstić information content (AvgIpc) is 3.67. The van der Waals surface area contributed by atoms with E-state index in [0.717, 1.165) is 0 Å². The number of aliphatic hydroxyl groups excluding tert-OH is 1. The number of nitrogens with zero attached hydrogens (tertiary/aromatic N) is 1. The van der Waals surface area contributed by atoms with Crippen LogP contribution in [0.2, 0.25) is 0 Å². The van der Waals surface area contributed by atoms with Gasteiger partial charge in [0.25, 0.3) is 5.91 Å². The highest BCUT2D eigenvalue weighted by atomic mass is 16.5. The number of furan rings is 2. The molecule has 0 saturated heterocycles. The Labute approximate surface area is 217 Å². The number of ketones is 1. The van der Waals surface area contributed by atoms with Crippen LogP contribution in [0.25, 0.3) is 11.0 Å². The van der Waals surface area contributed by atoms with Gasteiger partial charge in [0.2, 0.25) is 11.5 Å². The van der Waals surface area contributed by atoms with E-state index in [1.165, 1.54) is 39.6 Å². The van der Waals surface area contributed by atoms with Crippen molar-refractivity contribution in [3.63, 3.8) is 0 Å². The molecule has 2 aromatic heterocycles. The summed E-state index contributed by atoms with van der Waals surface area (Å²) in [5, 5.41) is 11.7. The summed E-state index contributed by atoms with van der Waals surface area (Å²) in [5.41, 5.74) is 0.661. The molecule has 1 aliphatic heterocycles. The number of fused-ring (bicyclic) bond motifs is 1. The number of methoxy groups -OCH3 is 4. The van der Waals surface area contributed by atoms with Gasteiger partial charge in [-0.2, -0.15) is 0 Å². The van der Waals surface area contributed by atoms with Crippen LogP contribution < -0.4 is 18.9 Å². The van der Waals surface area contributed by atoms with Gasteiger partial charge < -0.3 is 37.8 Å². The number of ether oxygens (including phenoxy) is 4. The first kappa shape index (κ1) is 24.8. The molecule has 3 heterocycles. The van der Waals surface area contributed by atoms with Crippen molar-refractivity contribution in [2.45, 2.75) is 12.6 Å². The summed E-state index contributed by atoms with van der Waals surface area (Å²) in [4.78, 5) is 28.6. The lowest BCUT2D eigenvalue weighted by atomic mass is 9.94. The number of aliphatic hydroxyl groups is 1. The second-order valence-corrected chi connectivity index (χ2v) is 8.45. The summed E-state index contributed by atoms with van der Waals surface area (Å²) in [6, 6.07) is 12.4. The van der Waals surface area contributed by atoms with Gasteiger partial charge in [0.1, 0.15) is 5.76 Å². The van der Waals surface area contributed by atoms with Crippen molar-refractivity contribution < 1.29 is 42.5 Å². The molecular formula is C28H25NO9. The molecule has 4 aromatic rings. The van der Waals surface area contributed by atoms with Crippen molar-refractivity contribution in [3.05, 3.63) is 83.2 Å². The fraction of sp³-hybridized carbons (Fsp3) is 0.214. The van der Waals surface area contributed by atoms with E-state index in [2.05, 4.69) is 0 Å². The van der Waals surface area contributed by atoms with Crippen molar-refractivity contribution in [2.75, 3.05) is 28.4 Å². The highest BCUT2D eigenvalue weighted by Crippen LogP contribution is 2.46. The maximum Gasteiger partial charge on any atom is 0.290 e. The Balaban J connectivity index is 1.67. The van der Waals surface area contributed by atoms with Crippen molar-refractivity contribution >= 4 is 22.7 Å². The van der Waals surface area contributed by atoms with Crippen molar-refractivity contribution in [1.82, 2.24) is 4.90 Å². The lowest BCUT2D eigenvalue weighted by Crippen LogP contribution is -2.30. The molecular weight excluding hydrogens is 494 g/mol. The maximum atomic E-state index is 13.9. The van der Waals surface area contributed by atoms with Gasteiger partial charge in [-0.25, -0.2) is 0 Å². The fourth-order valence-electron chi connectivity index (χ4n) is 4.67. The zero-order valence-corrected chi connectivity index (χ0v) is 21.1. The topological polar surface area (TPSA) is 121 Å². The molecule has 1 unspecified atom stereocenters. The maximum absolute atomic E-state index is 13.9. The Bertz CT molecular complexity index is 1520. The summed E-state index contributed by atoms with van der Waals surface area (Å²) in [7, 11) is 5.89. The van der Waals surface area contributed by atoms with Crippen molar-refractivity contribution in [3.8, 4) is 23.0 Å². The van der Waals surface area contributed by atoms with E-state index in [1.807, 2.05) is 0 Å². The molecule has 0 radical (unpaired) electrons. The molecule has 0 saturated carbocycles. The largest absolute Gasteiger partial charge is 0.503 e. The van der Waals surface area contributed by atoms with Crippen LogP contribution in [0.15, 0.2) is 75.0 Å². The van der Waals surface area contributed by atoms with E-state index in [9.17, 15) is 14.7 Å². The quantitative estimate of drug-likeness (QED) is 0.310. The first-order valence-electron chi connectivity index (χ1n) is 11.6. The van der Waals surface area contributed by atoms with E-state index >= 15 is 0 Å². The number of carbonyl (C=O) groups excluding carboxylic acids is 2. The highest BCUT2D eigenvalue weighted by Gasteiger charge is 2.45. The number of benzene rings is 2. The molecule has 1 aliphatic rings. The van der Waals surface area contributed by atoms with Crippen LogP contribution in [0.1, 0.15) is 27.9 Å². The van der Waals surface area contributed by atoms with Gasteiger partial charge in [0, 0.05) is 5.39 Å². The second-order valence-electron chi connectivity index (χ2n) is 8.45. The van der Waals surface area contributed by atoms with Crippen molar-refractivity contribution in [1.29, 1.82) is 0 Å². The van der Waals surface area contributed by atoms with Gasteiger partial charge >= 0.3 is 0 Å². The normalized spacial score (nSPS) is 15.3. The van der Waals surface area contributed by atoms with Gasteiger partial charge in [-0.15, -0.1) is 0 Å². The third-order valence-corrected chi connectivity index (χ3v) is 6.41. The van der Waals surface area contributed by atoms with E-state index in [1.54, 1.807) is 48.5 Å². The number of hydrogen-bond donors (Lipinski definition) is 1. The highest BCUT2D eigenvalue weighted by molar-refractivity contribution is 6.16. The molecule has 0 aliphatic carbocycles. The Morgan fingerprint density at radius 2 is 1.66 bits per heavy atom. The Kier molecular flexibility index (Phi) is 6.46. The lowest BCUT2D eigenvalue weighted by molar-refractivity contribution is -0.130. The summed E-state index contributed by atoms with van der Waals surface area (Å²) < 4.78 is 33.1. The molecule has 0 bridgehead atoms. The van der Waals surface area contributed by atoms with Gasteiger partial charge in [-0.3, -0.25) is 9.59 Å². The number of para-hydroxylation sites is 1. The summed E-state index contributed by atoms with van der Waals surface area (Å²) >= 11 is 0. The van der Waals surface area contributed by atoms with E-state index < -0.39 is 23.5 Å². The van der Waals surface area contributed by atoms with Gasteiger partial charge in [-0.05, 0) is 42.0 Å². The number of amides is 1. The molecule has 0 spiro atoms. The minimum absolute atomic E-state index is 0.0120.